The second-order valence-electron chi connectivity index (χ2n) is 6.95. The van der Waals surface area contributed by atoms with Crippen molar-refractivity contribution in [1.82, 2.24) is 4.90 Å². The lowest BCUT2D eigenvalue weighted by molar-refractivity contribution is -0.115. The van der Waals surface area contributed by atoms with Gasteiger partial charge in [0.15, 0.2) is 0 Å². The number of aliphatic imine (C=N–C) groups is 1. The highest BCUT2D eigenvalue weighted by Gasteiger charge is 2.31. The normalized spacial score (nSPS) is 20.3. The molecule has 0 spiro atoms. The van der Waals surface area contributed by atoms with E-state index in [9.17, 15) is 9.18 Å². The highest BCUT2D eigenvalue weighted by molar-refractivity contribution is 6.12. The van der Waals surface area contributed by atoms with Gasteiger partial charge in [-0.2, -0.15) is 0 Å². The predicted octanol–water partition coefficient (Wildman–Crippen LogP) is 4.25. The standard InChI is InChI=1S/C21H22FN3O/c22-18-5-4-6-19-20(18)17(21(26)24-19)13-23-16-9-7-15(8-10-16)14-25-11-2-1-3-12-25/h4-10,13,17H,1-3,11-12,14H2,(H,24,26). The van der Waals surface area contributed by atoms with Crippen LogP contribution in [-0.2, 0) is 11.3 Å². The van der Waals surface area contributed by atoms with E-state index in [1.165, 1.54) is 50.2 Å². The smallest absolute Gasteiger partial charge is 0.237 e. The van der Waals surface area contributed by atoms with E-state index in [2.05, 4.69) is 27.3 Å². The highest BCUT2D eigenvalue weighted by atomic mass is 19.1. The molecule has 4 rings (SSSR count). The Balaban J connectivity index is 1.45. The van der Waals surface area contributed by atoms with Crippen LogP contribution in [0.3, 0.4) is 0 Å². The lowest BCUT2D eigenvalue weighted by Crippen LogP contribution is -2.28. The van der Waals surface area contributed by atoms with Gasteiger partial charge in [-0.25, -0.2) is 4.39 Å². The molecule has 2 aliphatic rings. The molecule has 134 valence electrons. The molecule has 0 aromatic heterocycles. The maximum absolute atomic E-state index is 14.1. The molecule has 1 unspecified atom stereocenters. The number of carbonyl (C=O) groups is 1. The monoisotopic (exact) mass is 351 g/mol. The number of hydrogen-bond acceptors (Lipinski definition) is 3. The molecule has 2 aliphatic heterocycles. The van der Waals surface area contributed by atoms with Crippen molar-refractivity contribution in [3.05, 3.63) is 59.4 Å². The molecule has 0 saturated carbocycles. The SMILES string of the molecule is O=C1Nc2cccc(F)c2C1C=Nc1ccc(CN2CCCCC2)cc1. The van der Waals surface area contributed by atoms with E-state index in [1.54, 1.807) is 12.1 Å². The molecule has 5 heteroatoms. The molecule has 0 aliphatic carbocycles. The van der Waals surface area contributed by atoms with Gasteiger partial charge in [-0.3, -0.25) is 14.7 Å². The largest absolute Gasteiger partial charge is 0.325 e. The number of amides is 1. The summed E-state index contributed by atoms with van der Waals surface area (Å²) in [6.07, 6.45) is 5.43. The van der Waals surface area contributed by atoms with Gasteiger partial charge in [-0.1, -0.05) is 24.6 Å². The van der Waals surface area contributed by atoms with E-state index in [0.717, 1.165) is 12.2 Å². The minimum Gasteiger partial charge on any atom is -0.325 e. The highest BCUT2D eigenvalue weighted by Crippen LogP contribution is 2.33. The minimum absolute atomic E-state index is 0.240. The Hall–Kier alpha value is -2.53. The lowest BCUT2D eigenvalue weighted by Gasteiger charge is -2.26. The zero-order valence-electron chi connectivity index (χ0n) is 14.6. The minimum atomic E-state index is -0.681. The van der Waals surface area contributed by atoms with Gasteiger partial charge in [0.25, 0.3) is 0 Å². The van der Waals surface area contributed by atoms with E-state index >= 15 is 0 Å². The Morgan fingerprint density at radius 2 is 1.88 bits per heavy atom. The number of nitrogens with one attached hydrogen (secondary N) is 1. The second kappa shape index (κ2) is 7.38. The zero-order chi connectivity index (χ0) is 17.9. The van der Waals surface area contributed by atoms with Gasteiger partial charge in [0.05, 0.1) is 5.69 Å². The molecule has 2 aromatic rings. The summed E-state index contributed by atoms with van der Waals surface area (Å²) in [6, 6.07) is 12.7. The Morgan fingerprint density at radius 1 is 1.12 bits per heavy atom. The van der Waals surface area contributed by atoms with E-state index < -0.39 is 5.92 Å². The van der Waals surface area contributed by atoms with Crippen LogP contribution in [0.1, 0.15) is 36.3 Å². The maximum atomic E-state index is 14.1. The number of carbonyl (C=O) groups excluding carboxylic acids is 1. The molecule has 0 bridgehead atoms. The zero-order valence-corrected chi connectivity index (χ0v) is 14.6. The average molecular weight is 351 g/mol. The first kappa shape index (κ1) is 16.9. The quantitative estimate of drug-likeness (QED) is 0.837. The van der Waals surface area contributed by atoms with Gasteiger partial charge in [0.2, 0.25) is 5.91 Å². The first-order valence-corrected chi connectivity index (χ1v) is 9.15. The van der Waals surface area contributed by atoms with Gasteiger partial charge in [0.1, 0.15) is 11.7 Å². The first-order chi connectivity index (χ1) is 12.7. The average Bonchev–Trinajstić information content (AvgIpc) is 2.98. The summed E-state index contributed by atoms with van der Waals surface area (Å²) in [5.74, 6) is -1.30. The Kier molecular flexibility index (Phi) is 4.80. The molecule has 1 saturated heterocycles. The van der Waals surface area contributed by atoms with Crippen molar-refractivity contribution in [3.63, 3.8) is 0 Å². The van der Waals surface area contributed by atoms with E-state index in [0.29, 0.717) is 11.3 Å². The fourth-order valence-electron chi connectivity index (χ4n) is 3.67. The van der Waals surface area contributed by atoms with Crippen molar-refractivity contribution in [1.29, 1.82) is 0 Å². The summed E-state index contributed by atoms with van der Waals surface area (Å²) in [4.78, 5) is 19.0. The fraction of sp³-hybridized carbons (Fsp3) is 0.333. The number of rotatable bonds is 4. The lowest BCUT2D eigenvalue weighted by atomic mass is 10.0. The van der Waals surface area contributed by atoms with E-state index in [1.807, 2.05) is 12.1 Å². The molecule has 26 heavy (non-hydrogen) atoms. The molecule has 1 fully saturated rings. The van der Waals surface area contributed by atoms with Crippen LogP contribution < -0.4 is 5.32 Å². The molecular formula is C21H22FN3O. The number of halogens is 1. The summed E-state index contributed by atoms with van der Waals surface area (Å²) in [5.41, 5.74) is 2.94. The first-order valence-electron chi connectivity index (χ1n) is 9.15. The van der Waals surface area contributed by atoms with Crippen molar-refractivity contribution < 1.29 is 9.18 Å². The van der Waals surface area contributed by atoms with Crippen LogP contribution in [0.5, 0.6) is 0 Å². The Labute approximate surface area is 152 Å². The molecular weight excluding hydrogens is 329 g/mol. The van der Waals surface area contributed by atoms with E-state index in [-0.39, 0.29) is 11.7 Å². The summed E-state index contributed by atoms with van der Waals surface area (Å²) in [5, 5.41) is 2.70. The van der Waals surface area contributed by atoms with Gasteiger partial charge in [-0.05, 0) is 55.8 Å². The number of benzene rings is 2. The molecule has 1 atom stereocenters. The third kappa shape index (κ3) is 3.53. The van der Waals surface area contributed by atoms with Crippen LogP contribution in [0.4, 0.5) is 15.8 Å². The molecule has 4 nitrogen and oxygen atoms in total. The van der Waals surface area contributed by atoms with Gasteiger partial charge < -0.3 is 5.32 Å². The molecule has 1 N–H and O–H groups in total. The maximum Gasteiger partial charge on any atom is 0.237 e. The number of nitrogens with zero attached hydrogens (tertiary/aromatic N) is 2. The van der Waals surface area contributed by atoms with Crippen LogP contribution in [0.25, 0.3) is 0 Å². The number of hydrogen-bond donors (Lipinski definition) is 1. The van der Waals surface area contributed by atoms with Crippen LogP contribution in [-0.4, -0.2) is 30.1 Å². The Morgan fingerprint density at radius 3 is 2.65 bits per heavy atom. The topological polar surface area (TPSA) is 44.7 Å². The number of anilines is 1. The van der Waals surface area contributed by atoms with Crippen molar-refractivity contribution in [3.8, 4) is 0 Å². The number of piperidine rings is 1. The number of likely N-dealkylation sites (tertiary alicyclic amines) is 1. The molecule has 1 amide bonds. The number of fused-ring (bicyclic) bond motifs is 1. The third-order valence-electron chi connectivity index (χ3n) is 5.07. The summed E-state index contributed by atoms with van der Waals surface area (Å²) < 4.78 is 14.1. The van der Waals surface area contributed by atoms with Crippen LogP contribution in [0.15, 0.2) is 47.5 Å². The van der Waals surface area contributed by atoms with Gasteiger partial charge in [0, 0.05) is 24.0 Å². The van der Waals surface area contributed by atoms with Crippen LogP contribution in [0, 0.1) is 5.82 Å². The fourth-order valence-corrected chi connectivity index (χ4v) is 3.67. The van der Waals surface area contributed by atoms with Gasteiger partial charge >= 0.3 is 0 Å². The second-order valence-corrected chi connectivity index (χ2v) is 6.95. The Bertz CT molecular complexity index is 826. The van der Waals surface area contributed by atoms with Crippen molar-refractivity contribution >= 4 is 23.5 Å². The van der Waals surface area contributed by atoms with E-state index in [4.69, 9.17) is 0 Å². The molecule has 2 heterocycles. The van der Waals surface area contributed by atoms with Crippen molar-refractivity contribution in [2.75, 3.05) is 18.4 Å². The predicted molar refractivity (Wildman–Crippen MR) is 101 cm³/mol. The summed E-state index contributed by atoms with van der Waals surface area (Å²) >= 11 is 0. The molecule has 0 radical (unpaired) electrons. The van der Waals surface area contributed by atoms with Crippen molar-refractivity contribution in [2.45, 2.75) is 31.7 Å². The van der Waals surface area contributed by atoms with Crippen LogP contribution >= 0.6 is 0 Å². The third-order valence-corrected chi connectivity index (χ3v) is 5.07. The summed E-state index contributed by atoms with van der Waals surface area (Å²) in [7, 11) is 0. The van der Waals surface area contributed by atoms with Gasteiger partial charge in [-0.15, -0.1) is 0 Å². The van der Waals surface area contributed by atoms with Crippen LogP contribution in [0.2, 0.25) is 0 Å². The molecule has 2 aromatic carbocycles. The summed E-state index contributed by atoms with van der Waals surface area (Å²) in [6.45, 7) is 3.30. The van der Waals surface area contributed by atoms with Crippen molar-refractivity contribution in [2.24, 2.45) is 4.99 Å².